The Morgan fingerprint density at radius 3 is 2.40 bits per heavy atom. The number of likely N-dealkylation sites (tertiary alicyclic amines) is 1. The van der Waals surface area contributed by atoms with Crippen LogP contribution < -0.4 is 10.1 Å². The van der Waals surface area contributed by atoms with Crippen LogP contribution in [0, 0.1) is 5.92 Å². The molecule has 1 N–H and O–H groups in total. The second kappa shape index (κ2) is 10.1. The Hall–Kier alpha value is -2.33. The number of amides is 1. The maximum atomic E-state index is 12.4. The van der Waals surface area contributed by atoms with E-state index in [1.54, 1.807) is 0 Å². The van der Waals surface area contributed by atoms with Crippen LogP contribution in [0.15, 0.2) is 48.5 Å². The first kappa shape index (κ1) is 20.9. The van der Waals surface area contributed by atoms with Gasteiger partial charge in [0.05, 0.1) is 6.61 Å². The van der Waals surface area contributed by atoms with Gasteiger partial charge in [0.25, 0.3) is 5.91 Å². The van der Waals surface area contributed by atoms with Crippen molar-refractivity contribution in [2.45, 2.75) is 51.5 Å². The number of carbonyl (C=O) groups is 1. The molecule has 1 aliphatic heterocycles. The fraction of sp³-hybridized carbons (Fsp3) is 0.500. The molecule has 1 unspecified atom stereocenters. The molecule has 2 aromatic rings. The predicted molar refractivity (Wildman–Crippen MR) is 121 cm³/mol. The summed E-state index contributed by atoms with van der Waals surface area (Å²) in [5, 5.41) is 3.03. The Kier molecular flexibility index (Phi) is 7.06. The summed E-state index contributed by atoms with van der Waals surface area (Å²) in [5.41, 5.74) is 3.32. The first-order chi connectivity index (χ1) is 14.7. The maximum Gasteiger partial charge on any atom is 0.251 e. The number of carbonyl (C=O) groups excluding carboxylic acids is 1. The fourth-order valence-corrected chi connectivity index (χ4v) is 4.10. The minimum absolute atomic E-state index is 0.0286. The van der Waals surface area contributed by atoms with Gasteiger partial charge in [-0.25, -0.2) is 0 Å². The lowest BCUT2D eigenvalue weighted by Crippen LogP contribution is -2.32. The number of rotatable bonds is 9. The van der Waals surface area contributed by atoms with Crippen LogP contribution in [0.1, 0.15) is 66.6 Å². The molecule has 1 saturated carbocycles. The van der Waals surface area contributed by atoms with Crippen LogP contribution in [0.5, 0.6) is 5.75 Å². The van der Waals surface area contributed by atoms with E-state index in [-0.39, 0.29) is 5.91 Å². The van der Waals surface area contributed by atoms with E-state index < -0.39 is 0 Å². The van der Waals surface area contributed by atoms with E-state index in [0.717, 1.165) is 24.7 Å². The van der Waals surface area contributed by atoms with Crippen molar-refractivity contribution >= 4 is 5.91 Å². The van der Waals surface area contributed by atoms with Gasteiger partial charge < -0.3 is 10.1 Å². The summed E-state index contributed by atoms with van der Waals surface area (Å²) in [5.74, 6) is 1.55. The van der Waals surface area contributed by atoms with Gasteiger partial charge in [-0.3, -0.25) is 9.69 Å². The highest BCUT2D eigenvalue weighted by atomic mass is 16.5. The molecule has 1 heterocycles. The molecule has 0 radical (unpaired) electrons. The number of hydrogen-bond donors (Lipinski definition) is 1. The molecule has 0 bridgehead atoms. The smallest absolute Gasteiger partial charge is 0.251 e. The molecule has 0 aromatic heterocycles. The van der Waals surface area contributed by atoms with E-state index in [9.17, 15) is 4.79 Å². The number of benzene rings is 2. The lowest BCUT2D eigenvalue weighted by atomic mass is 10.0. The molecule has 4 heteroatoms. The van der Waals surface area contributed by atoms with Gasteiger partial charge in [-0.1, -0.05) is 30.7 Å². The van der Waals surface area contributed by atoms with Gasteiger partial charge in [-0.2, -0.15) is 0 Å². The number of nitrogens with one attached hydrogen (secondary N) is 1. The minimum atomic E-state index is -0.0286. The lowest BCUT2D eigenvalue weighted by molar-refractivity contribution is 0.0954. The molecule has 4 rings (SSSR count). The third-order valence-corrected chi connectivity index (χ3v) is 6.40. The zero-order valence-corrected chi connectivity index (χ0v) is 18.1. The van der Waals surface area contributed by atoms with Crippen molar-refractivity contribution in [2.24, 2.45) is 5.92 Å². The van der Waals surface area contributed by atoms with Gasteiger partial charge in [-0.05, 0) is 93.4 Å². The first-order valence-corrected chi connectivity index (χ1v) is 11.5. The summed E-state index contributed by atoms with van der Waals surface area (Å²) in [6.45, 7) is 6.16. The van der Waals surface area contributed by atoms with Crippen LogP contribution in [0.4, 0.5) is 0 Å². The molecule has 0 spiro atoms. The summed E-state index contributed by atoms with van der Waals surface area (Å²) in [6.07, 6.45) is 7.40. The van der Waals surface area contributed by atoms with Crippen LogP contribution in [0.3, 0.4) is 0 Å². The normalized spacial score (nSPS) is 18.0. The zero-order chi connectivity index (χ0) is 20.8. The standard InChI is InChI=1S/C26H34N2O2/c1-20(28-17-3-2-4-18-28)23-9-7-21(8-10-23)15-16-27-26(29)24-11-13-25(14-12-24)30-19-22-5-6-22/h7-14,20,22H,2-6,15-19H2,1H3,(H,27,29). The molecule has 1 aliphatic carbocycles. The fourth-order valence-electron chi connectivity index (χ4n) is 4.10. The summed E-state index contributed by atoms with van der Waals surface area (Å²) in [4.78, 5) is 15.0. The van der Waals surface area contributed by atoms with Gasteiger partial charge in [-0.15, -0.1) is 0 Å². The van der Waals surface area contributed by atoms with Crippen LogP contribution in [-0.2, 0) is 6.42 Å². The Labute approximate surface area is 180 Å². The minimum Gasteiger partial charge on any atom is -0.493 e. The van der Waals surface area contributed by atoms with E-state index in [1.165, 1.54) is 56.3 Å². The molecule has 4 nitrogen and oxygen atoms in total. The molecule has 2 fully saturated rings. The highest BCUT2D eigenvalue weighted by molar-refractivity contribution is 5.94. The predicted octanol–water partition coefficient (Wildman–Crippen LogP) is 4.99. The molecule has 30 heavy (non-hydrogen) atoms. The summed E-state index contributed by atoms with van der Waals surface area (Å²) < 4.78 is 5.73. The average molecular weight is 407 g/mol. The van der Waals surface area contributed by atoms with Crippen LogP contribution >= 0.6 is 0 Å². The van der Waals surface area contributed by atoms with Crippen molar-refractivity contribution < 1.29 is 9.53 Å². The van der Waals surface area contributed by atoms with Gasteiger partial charge >= 0.3 is 0 Å². The monoisotopic (exact) mass is 406 g/mol. The third-order valence-electron chi connectivity index (χ3n) is 6.40. The second-order valence-electron chi connectivity index (χ2n) is 8.80. The van der Waals surface area contributed by atoms with E-state index in [1.807, 2.05) is 24.3 Å². The second-order valence-corrected chi connectivity index (χ2v) is 8.80. The Bertz CT molecular complexity index is 806. The summed E-state index contributed by atoms with van der Waals surface area (Å²) in [6, 6.07) is 16.8. The van der Waals surface area contributed by atoms with E-state index in [2.05, 4.69) is 41.4 Å². The molecular formula is C26H34N2O2. The molecule has 1 atom stereocenters. The quantitative estimate of drug-likeness (QED) is 0.637. The Morgan fingerprint density at radius 2 is 1.73 bits per heavy atom. The molecule has 2 aliphatic rings. The van der Waals surface area contributed by atoms with E-state index in [4.69, 9.17) is 4.74 Å². The van der Waals surface area contributed by atoms with Crippen LogP contribution in [0.25, 0.3) is 0 Å². The van der Waals surface area contributed by atoms with Gasteiger partial charge in [0.15, 0.2) is 0 Å². The Balaban J connectivity index is 1.21. The summed E-state index contributed by atoms with van der Waals surface area (Å²) in [7, 11) is 0. The van der Waals surface area contributed by atoms with Crippen molar-refractivity contribution in [1.29, 1.82) is 0 Å². The van der Waals surface area contributed by atoms with Gasteiger partial charge in [0.1, 0.15) is 5.75 Å². The van der Waals surface area contributed by atoms with E-state index >= 15 is 0 Å². The first-order valence-electron chi connectivity index (χ1n) is 11.5. The highest BCUT2D eigenvalue weighted by Crippen LogP contribution is 2.29. The number of ether oxygens (including phenoxy) is 1. The lowest BCUT2D eigenvalue weighted by Gasteiger charge is -2.32. The van der Waals surface area contributed by atoms with Crippen LogP contribution in [-0.4, -0.2) is 37.0 Å². The van der Waals surface area contributed by atoms with Crippen molar-refractivity contribution in [1.82, 2.24) is 10.2 Å². The van der Waals surface area contributed by atoms with Gasteiger partial charge in [0.2, 0.25) is 0 Å². The maximum absolute atomic E-state index is 12.4. The molecule has 1 saturated heterocycles. The number of hydrogen-bond acceptors (Lipinski definition) is 3. The van der Waals surface area contributed by atoms with Crippen LogP contribution in [0.2, 0.25) is 0 Å². The van der Waals surface area contributed by atoms with E-state index in [0.29, 0.717) is 18.2 Å². The Morgan fingerprint density at radius 1 is 1.03 bits per heavy atom. The summed E-state index contributed by atoms with van der Waals surface area (Å²) >= 11 is 0. The molecule has 160 valence electrons. The number of piperidine rings is 1. The van der Waals surface area contributed by atoms with Crippen molar-refractivity contribution in [3.63, 3.8) is 0 Å². The molecule has 2 aromatic carbocycles. The zero-order valence-electron chi connectivity index (χ0n) is 18.1. The average Bonchev–Trinajstić information content (AvgIpc) is 3.63. The third kappa shape index (κ3) is 5.85. The van der Waals surface area contributed by atoms with Crippen molar-refractivity contribution in [2.75, 3.05) is 26.2 Å². The van der Waals surface area contributed by atoms with Crippen molar-refractivity contribution in [3.05, 3.63) is 65.2 Å². The molecule has 1 amide bonds. The number of nitrogens with zero attached hydrogens (tertiary/aromatic N) is 1. The van der Waals surface area contributed by atoms with Gasteiger partial charge in [0, 0.05) is 18.2 Å². The topological polar surface area (TPSA) is 41.6 Å². The van der Waals surface area contributed by atoms with Crippen molar-refractivity contribution in [3.8, 4) is 5.75 Å². The molecular weight excluding hydrogens is 372 g/mol. The SMILES string of the molecule is CC(c1ccc(CCNC(=O)c2ccc(OCC3CC3)cc2)cc1)N1CCCCC1. The largest absolute Gasteiger partial charge is 0.493 e. The highest BCUT2D eigenvalue weighted by Gasteiger charge is 2.22.